The summed E-state index contributed by atoms with van der Waals surface area (Å²) >= 11 is 12.1. The van der Waals surface area contributed by atoms with Gasteiger partial charge in [0.2, 0.25) is 0 Å². The van der Waals surface area contributed by atoms with Crippen LogP contribution in [0, 0.1) is 23.3 Å². The summed E-state index contributed by atoms with van der Waals surface area (Å²) in [5.74, 6) is -5.63. The van der Waals surface area contributed by atoms with Crippen LogP contribution >= 0.6 is 23.2 Å². The normalized spacial score (nSPS) is 25.1. The lowest BCUT2D eigenvalue weighted by Gasteiger charge is -2.36. The number of hydrogen-bond acceptors (Lipinski definition) is 0. The van der Waals surface area contributed by atoms with Crippen molar-refractivity contribution in [3.8, 4) is 22.3 Å². The largest absolute Gasteiger partial charge is 0.203 e. The molecule has 52 heavy (non-hydrogen) atoms. The Labute approximate surface area is 312 Å². The summed E-state index contributed by atoms with van der Waals surface area (Å²) in [6.45, 7) is 7.04. The van der Waals surface area contributed by atoms with Gasteiger partial charge in [0.05, 0.1) is 0 Å². The molecule has 262 valence electrons. The van der Waals surface area contributed by atoms with Crippen molar-refractivity contribution in [2.24, 2.45) is 0 Å². The summed E-state index contributed by atoms with van der Waals surface area (Å²) in [4.78, 5) is 0. The smallest absolute Gasteiger partial charge is 0.166 e. The Morgan fingerprint density at radius 1 is 0.327 bits per heavy atom. The van der Waals surface area contributed by atoms with E-state index in [1.165, 1.54) is 0 Å². The lowest BCUT2D eigenvalue weighted by molar-refractivity contribution is 0.399. The van der Waals surface area contributed by atoms with Crippen LogP contribution in [0.3, 0.4) is 0 Å². The van der Waals surface area contributed by atoms with Gasteiger partial charge in [0.1, 0.15) is 0 Å². The standard InChI is InChI=1S/C46H36Cl2F4/c1-43(33-13-5-29(6-14-33)31-9-17-35(47)18-10-31)21-25-45(3,26-22-43)37-39(49)41(51)38(42(52)40(37)50)46(4)27-23-44(2,24-28-46)34-15-7-30(8-16-34)32-11-19-36(48)20-12-32/h5-28H,1-4H3. The van der Waals surface area contributed by atoms with Crippen molar-refractivity contribution in [2.45, 2.75) is 49.4 Å². The molecule has 0 radical (unpaired) electrons. The SMILES string of the molecule is CC1(c2ccc(-c3ccc(Cl)cc3)cc2)C=CC(C)(c2c(F)c(F)c(C3(C)C=CC(C)(c4ccc(-c5ccc(Cl)cc5)cc4)C=C3)c(F)c2F)C=C1. The molecule has 2 aliphatic carbocycles. The fraction of sp³-hybridized carbons (Fsp3) is 0.174. The fourth-order valence-corrected chi connectivity index (χ4v) is 7.48. The molecule has 6 heteroatoms. The van der Waals surface area contributed by atoms with Crippen molar-refractivity contribution in [1.29, 1.82) is 0 Å². The molecule has 5 aromatic carbocycles. The van der Waals surface area contributed by atoms with Crippen LogP contribution in [0.4, 0.5) is 17.6 Å². The summed E-state index contributed by atoms with van der Waals surface area (Å²) in [6, 6.07) is 31.1. The first-order chi connectivity index (χ1) is 24.6. The van der Waals surface area contributed by atoms with E-state index in [1.54, 1.807) is 38.2 Å². The molecule has 0 N–H and O–H groups in total. The minimum atomic E-state index is -1.44. The van der Waals surface area contributed by atoms with E-state index >= 15 is 17.6 Å². The highest BCUT2D eigenvalue weighted by molar-refractivity contribution is 6.30. The van der Waals surface area contributed by atoms with Gasteiger partial charge < -0.3 is 0 Å². The molecular formula is C46H36Cl2F4. The van der Waals surface area contributed by atoms with Crippen LogP contribution in [0.2, 0.25) is 10.0 Å². The van der Waals surface area contributed by atoms with Crippen molar-refractivity contribution in [3.05, 3.63) is 201 Å². The van der Waals surface area contributed by atoms with Crippen molar-refractivity contribution >= 4 is 23.2 Å². The molecule has 0 nitrogen and oxygen atoms in total. The fourth-order valence-electron chi connectivity index (χ4n) is 7.23. The third-order valence-corrected chi connectivity index (χ3v) is 11.3. The zero-order valence-corrected chi connectivity index (χ0v) is 30.6. The molecule has 0 saturated heterocycles. The number of rotatable bonds is 6. The Kier molecular flexibility index (Phi) is 9.00. The number of allylic oxidation sites excluding steroid dienone is 8. The molecule has 0 atom stereocenters. The van der Waals surface area contributed by atoms with Crippen molar-refractivity contribution in [3.63, 3.8) is 0 Å². The average Bonchev–Trinajstić information content (AvgIpc) is 3.15. The van der Waals surface area contributed by atoms with Gasteiger partial charge >= 0.3 is 0 Å². The molecule has 2 aliphatic rings. The molecule has 7 rings (SSSR count). The van der Waals surface area contributed by atoms with E-state index in [2.05, 4.69) is 0 Å². The van der Waals surface area contributed by atoms with Gasteiger partial charge in [-0.2, -0.15) is 0 Å². The van der Waals surface area contributed by atoms with Crippen LogP contribution < -0.4 is 0 Å². The Morgan fingerprint density at radius 3 is 0.788 bits per heavy atom. The molecule has 0 fully saturated rings. The van der Waals surface area contributed by atoms with Gasteiger partial charge in [-0.15, -0.1) is 0 Å². The van der Waals surface area contributed by atoms with Gasteiger partial charge in [-0.25, -0.2) is 17.6 Å². The van der Waals surface area contributed by atoms with E-state index in [0.29, 0.717) is 10.0 Å². The summed E-state index contributed by atoms with van der Waals surface area (Å²) in [7, 11) is 0. The van der Waals surface area contributed by atoms with E-state index in [0.717, 1.165) is 33.4 Å². The molecule has 0 unspecified atom stereocenters. The summed E-state index contributed by atoms with van der Waals surface area (Å²) in [5.41, 5.74) is 0.507. The van der Waals surface area contributed by atoms with Gasteiger partial charge in [-0.3, -0.25) is 0 Å². The maximum Gasteiger partial charge on any atom is 0.166 e. The van der Waals surface area contributed by atoms with Crippen LogP contribution in [0.15, 0.2) is 146 Å². The molecule has 0 aromatic heterocycles. The number of hydrogen-bond donors (Lipinski definition) is 0. The van der Waals surface area contributed by atoms with Gasteiger partial charge in [0.25, 0.3) is 0 Å². The monoisotopic (exact) mass is 734 g/mol. The topological polar surface area (TPSA) is 0 Å². The van der Waals surface area contributed by atoms with E-state index < -0.39 is 56.1 Å². The predicted molar refractivity (Wildman–Crippen MR) is 206 cm³/mol. The molecule has 0 spiro atoms. The third-order valence-electron chi connectivity index (χ3n) is 10.8. The quantitative estimate of drug-likeness (QED) is 0.0925. The van der Waals surface area contributed by atoms with E-state index in [4.69, 9.17) is 23.2 Å². The summed E-state index contributed by atoms with van der Waals surface area (Å²) in [6.07, 6.45) is 13.8. The molecular weight excluding hydrogens is 699 g/mol. The van der Waals surface area contributed by atoms with Crippen molar-refractivity contribution in [2.75, 3.05) is 0 Å². The first-order valence-electron chi connectivity index (χ1n) is 17.1. The minimum absolute atomic E-state index is 0.615. The molecule has 0 bridgehead atoms. The second-order valence-electron chi connectivity index (χ2n) is 14.6. The molecule has 0 saturated carbocycles. The van der Waals surface area contributed by atoms with Crippen LogP contribution in [0.25, 0.3) is 22.3 Å². The van der Waals surface area contributed by atoms with Gasteiger partial charge in [-0.1, -0.05) is 145 Å². The predicted octanol–water partition coefficient (Wildman–Crippen LogP) is 13.6. The van der Waals surface area contributed by atoms with Crippen LogP contribution in [0.1, 0.15) is 49.9 Å². The number of halogens is 6. The molecule has 0 heterocycles. The second-order valence-corrected chi connectivity index (χ2v) is 15.5. The van der Waals surface area contributed by atoms with Crippen molar-refractivity contribution in [1.82, 2.24) is 0 Å². The van der Waals surface area contributed by atoms with Crippen LogP contribution in [0.5, 0.6) is 0 Å². The zero-order chi connectivity index (χ0) is 37.1. The molecule has 0 amide bonds. The summed E-state index contributed by atoms with van der Waals surface area (Å²) < 4.78 is 64.4. The zero-order valence-electron chi connectivity index (χ0n) is 29.1. The first-order valence-corrected chi connectivity index (χ1v) is 17.8. The third kappa shape index (κ3) is 6.27. The maximum atomic E-state index is 16.1. The maximum absolute atomic E-state index is 16.1. The Bertz CT molecular complexity index is 2060. The van der Waals surface area contributed by atoms with Crippen LogP contribution in [-0.2, 0) is 21.7 Å². The van der Waals surface area contributed by atoms with E-state index in [1.807, 2.05) is 135 Å². The number of benzene rings is 5. The van der Waals surface area contributed by atoms with Crippen LogP contribution in [-0.4, -0.2) is 0 Å². The van der Waals surface area contributed by atoms with Crippen molar-refractivity contribution < 1.29 is 17.6 Å². The highest BCUT2D eigenvalue weighted by atomic mass is 35.5. The lowest BCUT2D eigenvalue weighted by Crippen LogP contribution is -2.32. The van der Waals surface area contributed by atoms with Gasteiger partial charge in [-0.05, 0) is 85.3 Å². The highest BCUT2D eigenvalue weighted by Gasteiger charge is 2.42. The lowest BCUT2D eigenvalue weighted by atomic mass is 9.68. The second kappa shape index (κ2) is 13.1. The first kappa shape index (κ1) is 35.7. The Morgan fingerprint density at radius 2 is 0.538 bits per heavy atom. The van der Waals surface area contributed by atoms with Gasteiger partial charge in [0.15, 0.2) is 23.3 Å². The molecule has 5 aromatic rings. The van der Waals surface area contributed by atoms with Gasteiger partial charge in [0, 0.05) is 42.8 Å². The van der Waals surface area contributed by atoms with E-state index in [-0.39, 0.29) is 0 Å². The minimum Gasteiger partial charge on any atom is -0.203 e. The Balaban J connectivity index is 1.14. The molecule has 0 aliphatic heterocycles. The summed E-state index contributed by atoms with van der Waals surface area (Å²) in [5, 5.41) is 1.31. The van der Waals surface area contributed by atoms with E-state index in [9.17, 15) is 0 Å². The Hall–Kier alpha value is -4.64. The highest BCUT2D eigenvalue weighted by Crippen LogP contribution is 2.46. The average molecular weight is 736 g/mol.